The van der Waals surface area contributed by atoms with Gasteiger partial charge in [-0.15, -0.1) is 0 Å². The third kappa shape index (κ3) is 4.65. The van der Waals surface area contributed by atoms with E-state index in [0.717, 1.165) is 12.3 Å². The predicted molar refractivity (Wildman–Crippen MR) is 112 cm³/mol. The number of aliphatic hydroxyl groups is 1. The van der Waals surface area contributed by atoms with E-state index in [-0.39, 0.29) is 12.4 Å². The highest BCUT2D eigenvalue weighted by atomic mass is 19.3. The Morgan fingerprint density at radius 2 is 2.12 bits per heavy atom. The first-order valence-corrected chi connectivity index (χ1v) is 10.1. The Morgan fingerprint density at radius 1 is 1.32 bits per heavy atom. The number of aromatic nitrogens is 2. The second kappa shape index (κ2) is 9.27. The average Bonchev–Trinajstić information content (AvgIpc) is 3.36. The third-order valence-electron chi connectivity index (χ3n) is 5.11. The molecule has 182 valence electrons. The molecule has 2 N–H and O–H groups in total. The molecule has 0 spiro atoms. The molecule has 0 bridgehead atoms. The molecule has 1 amide bonds. The smallest absolute Gasteiger partial charge is 0.413 e. The van der Waals surface area contributed by atoms with Crippen molar-refractivity contribution in [3.05, 3.63) is 46.7 Å². The highest BCUT2D eigenvalue weighted by molar-refractivity contribution is 5.86. The topological polar surface area (TPSA) is 134 Å². The van der Waals surface area contributed by atoms with Crippen LogP contribution in [0.25, 0.3) is 11.0 Å². The number of alkyl halides is 2. The van der Waals surface area contributed by atoms with Gasteiger partial charge in [0.05, 0.1) is 26.9 Å². The van der Waals surface area contributed by atoms with Gasteiger partial charge in [-0.05, 0) is 18.2 Å². The maximum atomic E-state index is 14.1. The Balaban J connectivity index is 1.41. The van der Waals surface area contributed by atoms with Gasteiger partial charge in [0, 0.05) is 24.1 Å². The van der Waals surface area contributed by atoms with Gasteiger partial charge in [0.15, 0.2) is 17.9 Å². The number of hydrogen-bond donors (Lipinski definition) is 2. The van der Waals surface area contributed by atoms with Crippen LogP contribution >= 0.6 is 0 Å². The number of fused-ring (bicyclic) bond motifs is 1. The van der Waals surface area contributed by atoms with E-state index in [2.05, 4.69) is 10.3 Å². The van der Waals surface area contributed by atoms with E-state index in [1.165, 1.54) is 14.2 Å². The van der Waals surface area contributed by atoms with E-state index in [4.69, 9.17) is 28.5 Å². The molecule has 1 fully saturated rings. The Bertz CT molecular complexity index is 1260. The standard InChI is InChI=1S/C21H21F2N3O8/c1-30-12-5-11-6-13(33-17(11)15(7-12)31-2)10-32-20(29)25-16-3-4-26(19(28)24-16)18-21(22,23)8-14(9-27)34-18/h3-7,14,18,27H,8-10H2,1-2H3,(H,24,25,28,29). The number of anilines is 1. The van der Waals surface area contributed by atoms with Gasteiger partial charge < -0.3 is 28.5 Å². The average molecular weight is 481 g/mol. The highest BCUT2D eigenvalue weighted by Gasteiger charge is 2.51. The number of aliphatic hydroxyl groups excluding tert-OH is 1. The minimum atomic E-state index is -3.37. The fraction of sp³-hybridized carbons (Fsp3) is 0.381. The molecule has 0 radical (unpaired) electrons. The monoisotopic (exact) mass is 481 g/mol. The van der Waals surface area contributed by atoms with Gasteiger partial charge in [0.2, 0.25) is 6.23 Å². The summed E-state index contributed by atoms with van der Waals surface area (Å²) in [6, 6.07) is 6.17. The zero-order chi connectivity index (χ0) is 24.5. The van der Waals surface area contributed by atoms with E-state index in [9.17, 15) is 18.4 Å². The van der Waals surface area contributed by atoms with Crippen LogP contribution in [-0.2, 0) is 16.1 Å². The van der Waals surface area contributed by atoms with Crippen molar-refractivity contribution < 1.29 is 42.0 Å². The number of furan rings is 1. The molecule has 3 heterocycles. The molecule has 1 saturated heterocycles. The summed E-state index contributed by atoms with van der Waals surface area (Å²) in [6.07, 6.45) is -3.67. The van der Waals surface area contributed by atoms with E-state index in [1.807, 2.05) is 0 Å². The highest BCUT2D eigenvalue weighted by Crippen LogP contribution is 2.41. The van der Waals surface area contributed by atoms with Gasteiger partial charge in [-0.3, -0.25) is 9.88 Å². The van der Waals surface area contributed by atoms with Gasteiger partial charge >= 0.3 is 11.8 Å². The first-order chi connectivity index (χ1) is 16.2. The van der Waals surface area contributed by atoms with Crippen molar-refractivity contribution >= 4 is 22.9 Å². The molecule has 34 heavy (non-hydrogen) atoms. The van der Waals surface area contributed by atoms with Crippen LogP contribution in [0.1, 0.15) is 18.4 Å². The van der Waals surface area contributed by atoms with Crippen LogP contribution in [0.2, 0.25) is 0 Å². The fourth-order valence-corrected chi connectivity index (χ4v) is 3.54. The Hall–Kier alpha value is -3.71. The van der Waals surface area contributed by atoms with E-state index in [0.29, 0.717) is 32.8 Å². The Morgan fingerprint density at radius 3 is 2.76 bits per heavy atom. The minimum absolute atomic E-state index is 0.206. The lowest BCUT2D eigenvalue weighted by Gasteiger charge is -2.19. The number of amides is 1. The number of carbonyl (C=O) groups is 1. The second-order valence-electron chi connectivity index (χ2n) is 7.42. The van der Waals surface area contributed by atoms with Gasteiger partial charge in [0.25, 0.3) is 5.92 Å². The summed E-state index contributed by atoms with van der Waals surface area (Å²) in [7, 11) is 2.99. The molecular weight excluding hydrogens is 460 g/mol. The van der Waals surface area contributed by atoms with Crippen LogP contribution in [0.5, 0.6) is 11.5 Å². The minimum Gasteiger partial charge on any atom is -0.497 e. The third-order valence-corrected chi connectivity index (χ3v) is 5.11. The number of carbonyl (C=O) groups excluding carboxylic acids is 1. The SMILES string of the molecule is COc1cc(OC)c2oc(COC(=O)Nc3ccn(C4OC(CO)CC4(F)F)c(=O)n3)cc2c1. The summed E-state index contributed by atoms with van der Waals surface area (Å²) in [5, 5.41) is 12.0. The van der Waals surface area contributed by atoms with Gasteiger partial charge in [-0.25, -0.2) is 18.4 Å². The van der Waals surface area contributed by atoms with Crippen LogP contribution in [-0.4, -0.2) is 53.6 Å². The van der Waals surface area contributed by atoms with Crippen LogP contribution < -0.4 is 20.5 Å². The maximum Gasteiger partial charge on any atom is 0.413 e. The number of methoxy groups -OCH3 is 2. The largest absolute Gasteiger partial charge is 0.497 e. The zero-order valence-corrected chi connectivity index (χ0v) is 18.1. The van der Waals surface area contributed by atoms with Crippen molar-refractivity contribution in [2.45, 2.75) is 31.3 Å². The van der Waals surface area contributed by atoms with E-state index < -0.39 is 43.1 Å². The number of rotatable bonds is 7. The quantitative estimate of drug-likeness (QED) is 0.522. The molecule has 0 aliphatic carbocycles. The molecule has 2 atom stereocenters. The summed E-state index contributed by atoms with van der Waals surface area (Å²) in [5.74, 6) is -2.26. The molecule has 13 heteroatoms. The molecule has 0 saturated carbocycles. The first kappa shape index (κ1) is 23.4. The second-order valence-corrected chi connectivity index (χ2v) is 7.42. The number of nitrogens with one attached hydrogen (secondary N) is 1. The summed E-state index contributed by atoms with van der Waals surface area (Å²) in [6.45, 7) is -0.848. The van der Waals surface area contributed by atoms with Crippen molar-refractivity contribution in [2.24, 2.45) is 0 Å². The normalized spacial score (nSPS) is 19.2. The van der Waals surface area contributed by atoms with Crippen molar-refractivity contribution in [3.8, 4) is 11.5 Å². The van der Waals surface area contributed by atoms with Crippen LogP contribution in [0.4, 0.5) is 19.4 Å². The molecule has 1 aliphatic rings. The molecule has 1 aliphatic heterocycles. The van der Waals surface area contributed by atoms with Crippen molar-refractivity contribution in [2.75, 3.05) is 26.1 Å². The summed E-state index contributed by atoms with van der Waals surface area (Å²) in [4.78, 5) is 27.9. The molecule has 2 unspecified atom stereocenters. The first-order valence-electron chi connectivity index (χ1n) is 10.1. The number of ether oxygens (including phenoxy) is 4. The molecular formula is C21H21F2N3O8. The van der Waals surface area contributed by atoms with Crippen LogP contribution in [0.15, 0.2) is 39.7 Å². The zero-order valence-electron chi connectivity index (χ0n) is 18.1. The van der Waals surface area contributed by atoms with E-state index in [1.54, 1.807) is 18.2 Å². The number of halogens is 2. The molecule has 1 aromatic carbocycles. The maximum absolute atomic E-state index is 14.1. The van der Waals surface area contributed by atoms with Crippen LogP contribution in [0, 0.1) is 0 Å². The van der Waals surface area contributed by atoms with Gasteiger partial charge in [-0.1, -0.05) is 0 Å². The summed E-state index contributed by atoms with van der Waals surface area (Å²) in [5.41, 5.74) is -0.624. The number of nitrogens with zero attached hydrogens (tertiary/aromatic N) is 2. The van der Waals surface area contributed by atoms with Crippen molar-refractivity contribution in [1.29, 1.82) is 0 Å². The number of benzene rings is 1. The lowest BCUT2D eigenvalue weighted by atomic mass is 10.2. The lowest BCUT2D eigenvalue weighted by Crippen LogP contribution is -2.35. The van der Waals surface area contributed by atoms with Crippen LogP contribution in [0.3, 0.4) is 0 Å². The Labute approximate surface area is 190 Å². The predicted octanol–water partition coefficient (Wildman–Crippen LogP) is 2.67. The van der Waals surface area contributed by atoms with Gasteiger partial charge in [0.1, 0.15) is 17.3 Å². The Kier molecular flexibility index (Phi) is 6.39. The molecule has 11 nitrogen and oxygen atoms in total. The fourth-order valence-electron chi connectivity index (χ4n) is 3.54. The number of hydrogen-bond acceptors (Lipinski definition) is 9. The van der Waals surface area contributed by atoms with E-state index >= 15 is 0 Å². The summed E-state index contributed by atoms with van der Waals surface area (Å²) >= 11 is 0. The molecule has 4 rings (SSSR count). The molecule has 2 aromatic heterocycles. The van der Waals surface area contributed by atoms with Crippen molar-refractivity contribution in [3.63, 3.8) is 0 Å². The van der Waals surface area contributed by atoms with Gasteiger partial charge in [-0.2, -0.15) is 4.98 Å². The van der Waals surface area contributed by atoms with Crippen molar-refractivity contribution in [1.82, 2.24) is 9.55 Å². The lowest BCUT2D eigenvalue weighted by molar-refractivity contribution is -0.120. The summed E-state index contributed by atoms with van der Waals surface area (Å²) < 4.78 is 55.1. The molecule has 3 aromatic rings.